The molecule has 2 rings (SSSR count). The molecule has 4 nitrogen and oxygen atoms in total. The topological polar surface area (TPSA) is 55.6 Å². The van der Waals surface area contributed by atoms with Crippen molar-refractivity contribution in [3.63, 3.8) is 0 Å². The summed E-state index contributed by atoms with van der Waals surface area (Å²) in [6.07, 6.45) is 5.31. The van der Waals surface area contributed by atoms with Gasteiger partial charge < -0.3 is 15.4 Å². The van der Waals surface area contributed by atoms with Crippen molar-refractivity contribution in [1.29, 1.82) is 0 Å². The maximum Gasteiger partial charge on any atom is 0.242 e. The van der Waals surface area contributed by atoms with Crippen LogP contribution < -0.4 is 5.73 Å². The molecule has 1 saturated heterocycles. The van der Waals surface area contributed by atoms with Gasteiger partial charge in [0.2, 0.25) is 5.91 Å². The van der Waals surface area contributed by atoms with Crippen molar-refractivity contribution in [2.24, 2.45) is 5.73 Å². The van der Waals surface area contributed by atoms with Crippen molar-refractivity contribution < 1.29 is 9.53 Å². The first-order valence-corrected chi connectivity index (χ1v) is 5.78. The molecule has 86 valence electrons. The van der Waals surface area contributed by atoms with E-state index in [4.69, 9.17) is 10.5 Å². The molecule has 1 amide bonds. The summed E-state index contributed by atoms with van der Waals surface area (Å²) in [5.41, 5.74) is 5.33. The van der Waals surface area contributed by atoms with Gasteiger partial charge in [-0.3, -0.25) is 4.79 Å². The normalized spacial score (nSPS) is 28.5. The van der Waals surface area contributed by atoms with Gasteiger partial charge in [-0.2, -0.15) is 0 Å². The Balaban J connectivity index is 1.80. The second kappa shape index (κ2) is 4.10. The lowest BCUT2D eigenvalue weighted by Crippen LogP contribution is -2.47. The lowest BCUT2D eigenvalue weighted by Gasteiger charge is -2.28. The minimum absolute atomic E-state index is 0.0803. The Hall–Kier alpha value is -0.610. The van der Waals surface area contributed by atoms with E-state index in [1.165, 1.54) is 6.42 Å². The number of hydrogen-bond acceptors (Lipinski definition) is 3. The molecule has 1 saturated carbocycles. The fourth-order valence-corrected chi connectivity index (χ4v) is 2.07. The van der Waals surface area contributed by atoms with Crippen LogP contribution in [0.4, 0.5) is 0 Å². The number of ether oxygens (including phenoxy) is 1. The molecule has 1 heterocycles. The molecule has 1 aliphatic heterocycles. The molecular formula is C11H20N2O2. The van der Waals surface area contributed by atoms with Gasteiger partial charge in [0.15, 0.2) is 0 Å². The van der Waals surface area contributed by atoms with E-state index in [1.807, 2.05) is 7.05 Å². The number of carbonyl (C=O) groups is 1. The predicted octanol–water partition coefficient (Wildman–Crippen LogP) is 0.505. The van der Waals surface area contributed by atoms with Gasteiger partial charge in [0.1, 0.15) is 0 Å². The van der Waals surface area contributed by atoms with Crippen LogP contribution in [-0.2, 0) is 9.53 Å². The summed E-state index contributed by atoms with van der Waals surface area (Å²) in [5.74, 6) is 0.0803. The predicted molar refractivity (Wildman–Crippen MR) is 57.4 cm³/mol. The monoisotopic (exact) mass is 212 g/mol. The Morgan fingerprint density at radius 3 is 2.80 bits per heavy atom. The molecule has 0 aromatic carbocycles. The molecule has 4 heteroatoms. The molecule has 0 spiro atoms. The summed E-state index contributed by atoms with van der Waals surface area (Å²) < 4.78 is 5.60. The minimum atomic E-state index is -0.538. The van der Waals surface area contributed by atoms with Crippen LogP contribution in [0.2, 0.25) is 0 Å². The van der Waals surface area contributed by atoms with E-state index >= 15 is 0 Å². The van der Waals surface area contributed by atoms with E-state index in [2.05, 4.69) is 0 Å². The molecule has 2 aliphatic rings. The smallest absolute Gasteiger partial charge is 0.242 e. The SMILES string of the molecule is CN(CC1CCCCO1)C(=O)C1(N)CC1. The number of nitrogens with two attached hydrogens (primary N) is 1. The van der Waals surface area contributed by atoms with Crippen LogP contribution in [-0.4, -0.2) is 42.6 Å². The maximum atomic E-state index is 11.8. The van der Waals surface area contributed by atoms with Crippen LogP contribution in [0.25, 0.3) is 0 Å². The molecule has 1 aliphatic carbocycles. The Bertz CT molecular complexity index is 245. The van der Waals surface area contributed by atoms with Crippen LogP contribution in [0.1, 0.15) is 32.1 Å². The molecule has 0 aromatic rings. The summed E-state index contributed by atoms with van der Waals surface area (Å²) in [4.78, 5) is 13.6. The highest BCUT2D eigenvalue weighted by Crippen LogP contribution is 2.34. The maximum absolute atomic E-state index is 11.8. The van der Waals surface area contributed by atoms with Gasteiger partial charge in [-0.25, -0.2) is 0 Å². The summed E-state index contributed by atoms with van der Waals surface area (Å²) in [7, 11) is 1.83. The highest BCUT2D eigenvalue weighted by Gasteiger charge is 2.47. The van der Waals surface area contributed by atoms with Gasteiger partial charge in [-0.15, -0.1) is 0 Å². The van der Waals surface area contributed by atoms with E-state index in [0.29, 0.717) is 6.54 Å². The standard InChI is InChI=1S/C11H20N2O2/c1-13(10(14)11(12)5-6-11)8-9-4-2-3-7-15-9/h9H,2-8,12H2,1H3. The molecule has 0 radical (unpaired) electrons. The summed E-state index contributed by atoms with van der Waals surface area (Å²) in [5, 5.41) is 0. The van der Waals surface area contributed by atoms with Crippen LogP contribution in [0, 0.1) is 0 Å². The van der Waals surface area contributed by atoms with Crippen LogP contribution in [0.3, 0.4) is 0 Å². The Kier molecular flexibility index (Phi) is 2.98. The Morgan fingerprint density at radius 2 is 2.27 bits per heavy atom. The summed E-state index contributed by atoms with van der Waals surface area (Å²) in [6.45, 7) is 1.53. The highest BCUT2D eigenvalue weighted by atomic mass is 16.5. The fourth-order valence-electron chi connectivity index (χ4n) is 2.07. The molecular weight excluding hydrogens is 192 g/mol. The molecule has 2 N–H and O–H groups in total. The zero-order valence-corrected chi connectivity index (χ0v) is 9.37. The number of hydrogen-bond donors (Lipinski definition) is 1. The molecule has 1 unspecified atom stereocenters. The zero-order chi connectivity index (χ0) is 10.9. The lowest BCUT2D eigenvalue weighted by molar-refractivity contribution is -0.134. The first kappa shape index (κ1) is 10.9. The zero-order valence-electron chi connectivity index (χ0n) is 9.37. The number of rotatable bonds is 3. The minimum Gasteiger partial charge on any atom is -0.376 e. The van der Waals surface area contributed by atoms with E-state index in [0.717, 1.165) is 32.3 Å². The largest absolute Gasteiger partial charge is 0.376 e. The number of nitrogens with zero attached hydrogens (tertiary/aromatic N) is 1. The fraction of sp³-hybridized carbons (Fsp3) is 0.909. The van der Waals surface area contributed by atoms with Crippen molar-refractivity contribution in [3.8, 4) is 0 Å². The second-order valence-corrected chi connectivity index (χ2v) is 4.83. The molecule has 1 atom stereocenters. The van der Waals surface area contributed by atoms with Gasteiger partial charge in [0, 0.05) is 20.2 Å². The van der Waals surface area contributed by atoms with Crippen molar-refractivity contribution >= 4 is 5.91 Å². The van der Waals surface area contributed by atoms with E-state index in [-0.39, 0.29) is 12.0 Å². The van der Waals surface area contributed by atoms with Crippen LogP contribution in [0.15, 0.2) is 0 Å². The summed E-state index contributed by atoms with van der Waals surface area (Å²) >= 11 is 0. The number of amides is 1. The quantitative estimate of drug-likeness (QED) is 0.741. The number of likely N-dealkylation sites (N-methyl/N-ethyl adjacent to an activating group) is 1. The Labute approximate surface area is 90.8 Å². The molecule has 0 aromatic heterocycles. The van der Waals surface area contributed by atoms with E-state index in [9.17, 15) is 4.79 Å². The summed E-state index contributed by atoms with van der Waals surface area (Å²) in [6, 6.07) is 0. The van der Waals surface area contributed by atoms with Gasteiger partial charge in [0.05, 0.1) is 11.6 Å². The van der Waals surface area contributed by atoms with Gasteiger partial charge in [-0.1, -0.05) is 0 Å². The molecule has 15 heavy (non-hydrogen) atoms. The second-order valence-electron chi connectivity index (χ2n) is 4.83. The van der Waals surface area contributed by atoms with E-state index < -0.39 is 5.54 Å². The van der Waals surface area contributed by atoms with Crippen molar-refractivity contribution in [1.82, 2.24) is 4.90 Å². The average Bonchev–Trinajstić information content (AvgIpc) is 2.98. The van der Waals surface area contributed by atoms with Crippen LogP contribution >= 0.6 is 0 Å². The van der Waals surface area contributed by atoms with E-state index in [1.54, 1.807) is 4.90 Å². The third-order valence-corrected chi connectivity index (χ3v) is 3.31. The van der Waals surface area contributed by atoms with Crippen molar-refractivity contribution in [2.45, 2.75) is 43.7 Å². The third-order valence-electron chi connectivity index (χ3n) is 3.31. The first-order valence-electron chi connectivity index (χ1n) is 5.78. The number of carbonyl (C=O) groups excluding carboxylic acids is 1. The molecule has 0 bridgehead atoms. The first-order chi connectivity index (χ1) is 7.12. The Morgan fingerprint density at radius 1 is 1.53 bits per heavy atom. The van der Waals surface area contributed by atoms with Gasteiger partial charge >= 0.3 is 0 Å². The average molecular weight is 212 g/mol. The van der Waals surface area contributed by atoms with Gasteiger partial charge in [-0.05, 0) is 32.1 Å². The van der Waals surface area contributed by atoms with Crippen LogP contribution in [0.5, 0.6) is 0 Å². The van der Waals surface area contributed by atoms with Crippen molar-refractivity contribution in [2.75, 3.05) is 20.2 Å². The van der Waals surface area contributed by atoms with Crippen molar-refractivity contribution in [3.05, 3.63) is 0 Å². The lowest BCUT2D eigenvalue weighted by atomic mass is 10.1. The van der Waals surface area contributed by atoms with Gasteiger partial charge in [0.25, 0.3) is 0 Å². The highest BCUT2D eigenvalue weighted by molar-refractivity contribution is 5.88. The molecule has 2 fully saturated rings. The third kappa shape index (κ3) is 2.49.